The Morgan fingerprint density at radius 3 is 2.27 bits per heavy atom. The molecular weight excluding hydrogens is 384 g/mol. The molecule has 0 radical (unpaired) electrons. The predicted molar refractivity (Wildman–Crippen MR) is 112 cm³/mol. The molecule has 2 aromatic carbocycles. The molecule has 1 aliphatic rings. The number of fused-ring (bicyclic) bond motifs is 1. The normalized spacial score (nSPS) is 14.4. The van der Waals surface area contributed by atoms with Crippen molar-refractivity contribution in [3.63, 3.8) is 0 Å². The Morgan fingerprint density at radius 1 is 1.00 bits per heavy atom. The van der Waals surface area contributed by atoms with Gasteiger partial charge >= 0.3 is 5.97 Å². The highest BCUT2D eigenvalue weighted by atomic mass is 16.5. The number of hydrogen-bond acceptors (Lipinski definition) is 5. The lowest BCUT2D eigenvalue weighted by atomic mass is 10.1. The summed E-state index contributed by atoms with van der Waals surface area (Å²) in [6.07, 6.45) is -1.01. The fourth-order valence-electron chi connectivity index (χ4n) is 3.15. The van der Waals surface area contributed by atoms with Gasteiger partial charge in [0.25, 0.3) is 17.7 Å². The second kappa shape index (κ2) is 7.74. The Morgan fingerprint density at radius 2 is 1.63 bits per heavy atom. The van der Waals surface area contributed by atoms with E-state index in [1.165, 1.54) is 25.1 Å². The summed E-state index contributed by atoms with van der Waals surface area (Å²) in [5.41, 5.74) is 1.27. The molecule has 1 atom stereocenters. The summed E-state index contributed by atoms with van der Waals surface area (Å²) in [6, 6.07) is 11.3. The van der Waals surface area contributed by atoms with Gasteiger partial charge in [0.05, 0.1) is 22.4 Å². The third-order valence-corrected chi connectivity index (χ3v) is 4.63. The molecule has 0 spiro atoms. The van der Waals surface area contributed by atoms with E-state index in [0.29, 0.717) is 5.69 Å². The maximum absolute atomic E-state index is 12.9. The highest BCUT2D eigenvalue weighted by Gasteiger charge is 2.38. The second-order valence-electron chi connectivity index (χ2n) is 8.28. The van der Waals surface area contributed by atoms with Gasteiger partial charge in [0, 0.05) is 5.54 Å². The van der Waals surface area contributed by atoms with Crippen LogP contribution in [0.5, 0.6) is 0 Å². The van der Waals surface area contributed by atoms with Crippen molar-refractivity contribution < 1.29 is 23.9 Å². The van der Waals surface area contributed by atoms with Crippen LogP contribution in [0.25, 0.3) is 0 Å². The zero-order valence-corrected chi connectivity index (χ0v) is 17.6. The van der Waals surface area contributed by atoms with Gasteiger partial charge in [-0.05, 0) is 64.4 Å². The Bertz CT molecular complexity index is 1050. The topological polar surface area (TPSA) is 92.8 Å². The van der Waals surface area contributed by atoms with Gasteiger partial charge in [-0.2, -0.15) is 0 Å². The SMILES string of the molecule is Cc1ccccc1N1C(=O)c2ccc(C(=O)O[C@H](C)C(=O)NC(C)(C)C)cc2C1=O. The zero-order valence-electron chi connectivity index (χ0n) is 17.6. The van der Waals surface area contributed by atoms with Crippen LogP contribution < -0.4 is 10.2 Å². The molecule has 0 bridgehead atoms. The van der Waals surface area contributed by atoms with Crippen molar-refractivity contribution >= 4 is 29.4 Å². The number of rotatable bonds is 4. The molecular formula is C23H24N2O5. The highest BCUT2D eigenvalue weighted by molar-refractivity contribution is 6.34. The van der Waals surface area contributed by atoms with Crippen LogP contribution in [-0.2, 0) is 9.53 Å². The van der Waals surface area contributed by atoms with Crippen molar-refractivity contribution in [1.82, 2.24) is 5.32 Å². The number of aryl methyl sites for hydroxylation is 1. The van der Waals surface area contributed by atoms with Gasteiger partial charge in [-0.15, -0.1) is 0 Å². The molecule has 7 nitrogen and oxygen atoms in total. The molecule has 0 fully saturated rings. The number of esters is 1. The summed E-state index contributed by atoms with van der Waals surface area (Å²) in [7, 11) is 0. The van der Waals surface area contributed by atoms with Gasteiger partial charge in [-0.1, -0.05) is 18.2 Å². The van der Waals surface area contributed by atoms with E-state index in [1.54, 1.807) is 12.1 Å². The van der Waals surface area contributed by atoms with E-state index in [9.17, 15) is 19.2 Å². The smallest absolute Gasteiger partial charge is 0.338 e. The van der Waals surface area contributed by atoms with Gasteiger partial charge in [0.2, 0.25) is 0 Å². The minimum absolute atomic E-state index is 0.0944. The Balaban J connectivity index is 1.82. The van der Waals surface area contributed by atoms with Gasteiger partial charge in [-0.25, -0.2) is 9.69 Å². The molecule has 2 aromatic rings. The molecule has 7 heteroatoms. The van der Waals surface area contributed by atoms with Crippen LogP contribution >= 0.6 is 0 Å². The molecule has 1 heterocycles. The molecule has 0 unspecified atom stereocenters. The number of benzene rings is 2. The lowest BCUT2D eigenvalue weighted by Crippen LogP contribution is -2.46. The van der Waals surface area contributed by atoms with Crippen LogP contribution in [-0.4, -0.2) is 35.3 Å². The maximum Gasteiger partial charge on any atom is 0.338 e. The summed E-state index contributed by atoms with van der Waals surface area (Å²) in [4.78, 5) is 51.4. The number of hydrogen-bond donors (Lipinski definition) is 1. The standard InChI is InChI=1S/C23H24N2O5/c1-13-8-6-7-9-18(13)25-20(27)16-11-10-15(12-17(16)21(25)28)22(29)30-14(2)19(26)24-23(3,4)5/h6-12,14H,1-5H3,(H,24,26)/t14-/m1/s1. The highest BCUT2D eigenvalue weighted by Crippen LogP contribution is 2.31. The predicted octanol–water partition coefficient (Wildman–Crippen LogP) is 3.26. The number of carbonyl (C=O) groups is 4. The first-order valence-electron chi connectivity index (χ1n) is 9.61. The van der Waals surface area contributed by atoms with Crippen LogP contribution in [0.2, 0.25) is 0 Å². The van der Waals surface area contributed by atoms with E-state index in [1.807, 2.05) is 39.8 Å². The minimum Gasteiger partial charge on any atom is -0.449 e. The van der Waals surface area contributed by atoms with Crippen molar-refractivity contribution in [2.75, 3.05) is 4.90 Å². The lowest BCUT2D eigenvalue weighted by Gasteiger charge is -2.23. The van der Waals surface area contributed by atoms with Crippen LogP contribution in [0.3, 0.4) is 0 Å². The van der Waals surface area contributed by atoms with Gasteiger partial charge in [0.15, 0.2) is 6.10 Å². The number of ether oxygens (including phenoxy) is 1. The van der Waals surface area contributed by atoms with Gasteiger partial charge in [0.1, 0.15) is 0 Å². The average molecular weight is 408 g/mol. The summed E-state index contributed by atoms with van der Waals surface area (Å²) >= 11 is 0. The molecule has 1 aliphatic heterocycles. The average Bonchev–Trinajstić information content (AvgIpc) is 2.91. The van der Waals surface area contributed by atoms with E-state index in [4.69, 9.17) is 4.74 Å². The molecule has 0 saturated heterocycles. The first kappa shape index (κ1) is 21.2. The fraction of sp³-hybridized carbons (Fsp3) is 0.304. The number of imide groups is 1. The number of carbonyl (C=O) groups excluding carboxylic acids is 4. The summed E-state index contributed by atoms with van der Waals surface area (Å²) in [6.45, 7) is 8.75. The second-order valence-corrected chi connectivity index (χ2v) is 8.28. The van der Waals surface area contributed by atoms with Gasteiger partial charge < -0.3 is 10.1 Å². The van der Waals surface area contributed by atoms with E-state index < -0.39 is 35.3 Å². The molecule has 0 saturated carbocycles. The van der Waals surface area contributed by atoms with E-state index in [2.05, 4.69) is 5.32 Å². The van der Waals surface area contributed by atoms with Gasteiger partial charge in [-0.3, -0.25) is 14.4 Å². The molecule has 30 heavy (non-hydrogen) atoms. The molecule has 156 valence electrons. The molecule has 3 rings (SSSR count). The van der Waals surface area contributed by atoms with Crippen molar-refractivity contribution in [2.24, 2.45) is 0 Å². The van der Waals surface area contributed by atoms with Crippen LogP contribution in [0, 0.1) is 6.92 Å². The number of anilines is 1. The van der Waals surface area contributed by atoms with Crippen LogP contribution in [0.15, 0.2) is 42.5 Å². The number of amides is 3. The third kappa shape index (κ3) is 4.10. The fourth-order valence-corrected chi connectivity index (χ4v) is 3.15. The monoisotopic (exact) mass is 408 g/mol. The lowest BCUT2D eigenvalue weighted by molar-refractivity contribution is -0.130. The Hall–Kier alpha value is -3.48. The zero-order chi connectivity index (χ0) is 22.2. The van der Waals surface area contributed by atoms with E-state index in [-0.39, 0.29) is 16.7 Å². The number of nitrogens with one attached hydrogen (secondary N) is 1. The van der Waals surface area contributed by atoms with Crippen molar-refractivity contribution in [1.29, 1.82) is 0 Å². The summed E-state index contributed by atoms with van der Waals surface area (Å²) in [5, 5.41) is 2.74. The third-order valence-electron chi connectivity index (χ3n) is 4.63. The maximum atomic E-state index is 12.9. The Labute approximate surface area is 175 Å². The quantitative estimate of drug-likeness (QED) is 0.619. The van der Waals surface area contributed by atoms with Crippen LogP contribution in [0.1, 0.15) is 64.3 Å². The number of nitrogens with zero attached hydrogens (tertiary/aromatic N) is 1. The summed E-state index contributed by atoms with van der Waals surface area (Å²) in [5.74, 6) is -2.11. The van der Waals surface area contributed by atoms with Crippen LogP contribution in [0.4, 0.5) is 5.69 Å². The summed E-state index contributed by atoms with van der Waals surface area (Å²) < 4.78 is 5.24. The largest absolute Gasteiger partial charge is 0.449 e. The van der Waals surface area contributed by atoms with E-state index in [0.717, 1.165) is 10.5 Å². The van der Waals surface area contributed by atoms with Crippen molar-refractivity contribution in [3.05, 3.63) is 64.7 Å². The minimum atomic E-state index is -1.01. The van der Waals surface area contributed by atoms with E-state index >= 15 is 0 Å². The number of para-hydroxylation sites is 1. The first-order valence-corrected chi connectivity index (χ1v) is 9.61. The van der Waals surface area contributed by atoms with Crippen molar-refractivity contribution in [2.45, 2.75) is 46.3 Å². The molecule has 3 amide bonds. The molecule has 1 N–H and O–H groups in total. The molecule has 0 aromatic heterocycles. The van der Waals surface area contributed by atoms with Crippen molar-refractivity contribution in [3.8, 4) is 0 Å². The molecule has 0 aliphatic carbocycles. The Kier molecular flexibility index (Phi) is 5.48. The first-order chi connectivity index (χ1) is 14.0.